The Bertz CT molecular complexity index is 1180. The van der Waals surface area contributed by atoms with Crippen molar-refractivity contribution >= 4 is 8.32 Å². The molecule has 3 rings (SSSR count). The third kappa shape index (κ3) is 6.24. The van der Waals surface area contributed by atoms with E-state index in [4.69, 9.17) is 13.9 Å². The average molecular weight is 483 g/mol. The van der Waals surface area contributed by atoms with E-state index in [0.717, 1.165) is 5.56 Å². The predicted molar refractivity (Wildman–Crippen MR) is 135 cm³/mol. The summed E-state index contributed by atoms with van der Waals surface area (Å²) >= 11 is 0. The summed E-state index contributed by atoms with van der Waals surface area (Å²) in [5.74, 6) is 5.86. The third-order valence-electron chi connectivity index (χ3n) is 6.31. The molecule has 0 amide bonds. The summed E-state index contributed by atoms with van der Waals surface area (Å²) in [6.07, 6.45) is 4.15. The van der Waals surface area contributed by atoms with Crippen LogP contribution in [0.15, 0.2) is 58.3 Å². The van der Waals surface area contributed by atoms with Crippen LogP contribution < -0.4 is 11.2 Å². The lowest BCUT2D eigenvalue weighted by Gasteiger charge is -2.39. The van der Waals surface area contributed by atoms with Crippen molar-refractivity contribution in [3.05, 3.63) is 80.6 Å². The molecule has 0 fully saturated rings. The quantitative estimate of drug-likeness (QED) is 0.385. The van der Waals surface area contributed by atoms with Gasteiger partial charge in [-0.15, -0.1) is 0 Å². The Labute approximate surface area is 201 Å². The summed E-state index contributed by atoms with van der Waals surface area (Å²) in [6.45, 7) is 13.5. The number of aromatic nitrogens is 2. The van der Waals surface area contributed by atoms with Crippen LogP contribution in [-0.2, 0) is 13.9 Å². The van der Waals surface area contributed by atoms with E-state index in [1.54, 1.807) is 6.08 Å². The summed E-state index contributed by atoms with van der Waals surface area (Å²) in [5, 5.41) is 0.0291. The van der Waals surface area contributed by atoms with Crippen LogP contribution in [0.25, 0.3) is 0 Å². The number of nitrogens with zero attached hydrogens (tertiary/aromatic N) is 1. The number of rotatable bonds is 6. The van der Waals surface area contributed by atoms with E-state index in [-0.39, 0.29) is 10.6 Å². The highest BCUT2D eigenvalue weighted by molar-refractivity contribution is 6.74. The van der Waals surface area contributed by atoms with Crippen molar-refractivity contribution in [2.45, 2.75) is 64.3 Å². The second-order valence-electron chi connectivity index (χ2n) is 9.77. The Kier molecular flexibility index (Phi) is 8.15. The number of hydrogen-bond acceptors (Lipinski definition) is 5. The highest BCUT2D eigenvalue weighted by Crippen LogP contribution is 2.37. The van der Waals surface area contributed by atoms with Gasteiger partial charge in [-0.25, -0.2) is 4.79 Å². The van der Waals surface area contributed by atoms with Gasteiger partial charge in [0.25, 0.3) is 5.56 Å². The molecule has 2 heterocycles. The van der Waals surface area contributed by atoms with Gasteiger partial charge in [0.05, 0.1) is 12.6 Å². The molecule has 1 aromatic carbocycles. The minimum atomic E-state index is -2.06. The van der Waals surface area contributed by atoms with Crippen molar-refractivity contribution in [3.8, 4) is 11.8 Å². The fraction of sp³-hybridized carbons (Fsp3) is 0.462. The first-order valence-corrected chi connectivity index (χ1v) is 14.4. The highest BCUT2D eigenvalue weighted by atomic mass is 28.4. The van der Waals surface area contributed by atoms with Gasteiger partial charge in [-0.2, -0.15) is 0 Å². The summed E-state index contributed by atoms with van der Waals surface area (Å²) < 4.78 is 19.7. The van der Waals surface area contributed by atoms with Crippen LogP contribution >= 0.6 is 0 Å². The Hall–Kier alpha value is -2.70. The first-order valence-electron chi connectivity index (χ1n) is 11.5. The maximum Gasteiger partial charge on any atom is 0.329 e. The molecule has 1 aromatic heterocycles. The van der Waals surface area contributed by atoms with E-state index in [9.17, 15) is 9.59 Å². The van der Waals surface area contributed by atoms with E-state index in [2.05, 4.69) is 50.7 Å². The molecule has 7 nitrogen and oxygen atoms in total. The van der Waals surface area contributed by atoms with E-state index >= 15 is 0 Å². The highest BCUT2D eigenvalue weighted by Gasteiger charge is 2.39. The molecular formula is C26H34N2O5Si. The standard InChI is InChI=1S/C26H34N2O5Si/c1-7-31-23-16-15-21(22(33-23)18-32-34(5,6)26(2,3)4)28-17-20(24(29)27-25(28)30)14-13-19-11-9-8-10-12-19/h8-12,15-17,21-23H,7,18H2,1-6H3,(H,27,29,30)/t21-,22?,23-/m0/s1. The number of hydrogen-bond donors (Lipinski definition) is 1. The van der Waals surface area contributed by atoms with Crippen LogP contribution in [0, 0.1) is 11.8 Å². The molecule has 0 radical (unpaired) electrons. The summed E-state index contributed by atoms with van der Waals surface area (Å²) in [6, 6.07) is 8.88. The molecule has 0 bridgehead atoms. The molecule has 0 saturated carbocycles. The molecule has 0 spiro atoms. The zero-order valence-corrected chi connectivity index (χ0v) is 21.8. The van der Waals surface area contributed by atoms with Crippen LogP contribution in [0.5, 0.6) is 0 Å². The van der Waals surface area contributed by atoms with Crippen LogP contribution in [0.1, 0.15) is 44.9 Å². The molecule has 1 N–H and O–H groups in total. The van der Waals surface area contributed by atoms with Crippen LogP contribution in [0.2, 0.25) is 18.1 Å². The maximum absolute atomic E-state index is 12.8. The molecule has 8 heteroatoms. The second kappa shape index (κ2) is 10.7. The zero-order valence-electron chi connectivity index (χ0n) is 20.8. The number of aromatic amines is 1. The van der Waals surface area contributed by atoms with Crippen molar-refractivity contribution in [3.63, 3.8) is 0 Å². The fourth-order valence-corrected chi connectivity index (χ4v) is 4.27. The molecule has 1 aliphatic rings. The molecule has 182 valence electrons. The molecular weight excluding hydrogens is 448 g/mol. The molecule has 2 aromatic rings. The number of ether oxygens (including phenoxy) is 2. The molecule has 1 unspecified atom stereocenters. The van der Waals surface area contributed by atoms with Crippen molar-refractivity contribution in [2.75, 3.05) is 13.2 Å². The fourth-order valence-electron chi connectivity index (χ4n) is 3.26. The Morgan fingerprint density at radius 1 is 1.12 bits per heavy atom. The topological polar surface area (TPSA) is 82.6 Å². The van der Waals surface area contributed by atoms with Gasteiger partial charge in [-0.3, -0.25) is 14.3 Å². The van der Waals surface area contributed by atoms with Crippen LogP contribution in [-0.4, -0.2) is 43.5 Å². The van der Waals surface area contributed by atoms with Gasteiger partial charge in [-0.05, 0) is 43.3 Å². The van der Waals surface area contributed by atoms with Crippen molar-refractivity contribution < 1.29 is 13.9 Å². The normalized spacial score (nSPS) is 20.6. The predicted octanol–water partition coefficient (Wildman–Crippen LogP) is 3.82. The SMILES string of the molecule is CCO[C@@H]1C=C[C@H](n2cc(C#Cc3ccccc3)c(=O)[nH]c2=O)C(CO[Si](C)(C)C(C)(C)C)O1. The minimum absolute atomic E-state index is 0.0291. The van der Waals surface area contributed by atoms with Crippen molar-refractivity contribution in [1.82, 2.24) is 9.55 Å². The lowest BCUT2D eigenvalue weighted by Crippen LogP contribution is -2.47. The van der Waals surface area contributed by atoms with Gasteiger partial charge in [0.15, 0.2) is 14.6 Å². The van der Waals surface area contributed by atoms with E-state index < -0.39 is 38.0 Å². The van der Waals surface area contributed by atoms with Gasteiger partial charge >= 0.3 is 5.69 Å². The monoisotopic (exact) mass is 482 g/mol. The van der Waals surface area contributed by atoms with Crippen molar-refractivity contribution in [2.24, 2.45) is 0 Å². The van der Waals surface area contributed by atoms with Gasteiger partial charge in [-0.1, -0.05) is 56.9 Å². The molecule has 34 heavy (non-hydrogen) atoms. The first-order chi connectivity index (χ1) is 16.0. The summed E-state index contributed by atoms with van der Waals surface area (Å²) in [4.78, 5) is 27.6. The minimum Gasteiger partial charge on any atom is -0.414 e. The van der Waals surface area contributed by atoms with Crippen LogP contribution in [0.3, 0.4) is 0 Å². The lowest BCUT2D eigenvalue weighted by atomic mass is 10.1. The van der Waals surface area contributed by atoms with Gasteiger partial charge in [0, 0.05) is 18.4 Å². The second-order valence-corrected chi connectivity index (χ2v) is 14.6. The summed E-state index contributed by atoms with van der Waals surface area (Å²) in [5.41, 5.74) is -0.0686. The van der Waals surface area contributed by atoms with Crippen LogP contribution in [0.4, 0.5) is 0 Å². The molecule has 0 saturated heterocycles. The van der Waals surface area contributed by atoms with Crippen molar-refractivity contribution in [1.29, 1.82) is 0 Å². The van der Waals surface area contributed by atoms with E-state index in [1.807, 2.05) is 43.3 Å². The Balaban J connectivity index is 1.95. The average Bonchev–Trinajstić information content (AvgIpc) is 2.78. The Morgan fingerprint density at radius 3 is 2.47 bits per heavy atom. The largest absolute Gasteiger partial charge is 0.414 e. The zero-order chi connectivity index (χ0) is 24.9. The molecule has 0 aliphatic carbocycles. The molecule has 1 aliphatic heterocycles. The van der Waals surface area contributed by atoms with Gasteiger partial charge < -0.3 is 13.9 Å². The summed E-state index contributed by atoms with van der Waals surface area (Å²) in [7, 11) is -2.06. The number of nitrogens with one attached hydrogen (secondary N) is 1. The van der Waals surface area contributed by atoms with Gasteiger partial charge in [0.1, 0.15) is 11.7 Å². The van der Waals surface area contributed by atoms with E-state index in [0.29, 0.717) is 13.2 Å². The molecule has 3 atom stereocenters. The van der Waals surface area contributed by atoms with Gasteiger partial charge in [0.2, 0.25) is 0 Å². The third-order valence-corrected chi connectivity index (χ3v) is 10.8. The smallest absolute Gasteiger partial charge is 0.329 e. The lowest BCUT2D eigenvalue weighted by molar-refractivity contribution is -0.163. The maximum atomic E-state index is 12.8. The number of benzene rings is 1. The Morgan fingerprint density at radius 2 is 1.82 bits per heavy atom. The first kappa shape index (κ1) is 25.9. The van der Waals surface area contributed by atoms with E-state index in [1.165, 1.54) is 10.8 Å². The number of H-pyrrole nitrogens is 1.